The van der Waals surface area contributed by atoms with Gasteiger partial charge in [-0.1, -0.05) is 29.8 Å². The summed E-state index contributed by atoms with van der Waals surface area (Å²) in [5, 5.41) is 0. The number of benzene rings is 1. The first-order valence-corrected chi connectivity index (χ1v) is 3.86. The highest BCUT2D eigenvalue weighted by atomic mass is 14.6. The summed E-state index contributed by atoms with van der Waals surface area (Å²) in [5.74, 6) is 0. The quantitative estimate of drug-likeness (QED) is 0.458. The van der Waals surface area contributed by atoms with Gasteiger partial charge in [-0.15, -0.1) is 6.58 Å². The van der Waals surface area contributed by atoms with Crippen LogP contribution in [-0.4, -0.2) is 0 Å². The first-order valence-electron chi connectivity index (χ1n) is 3.86. The topological polar surface area (TPSA) is 4.36 Å². The van der Waals surface area contributed by atoms with Crippen molar-refractivity contribution in [2.45, 2.75) is 13.3 Å². The van der Waals surface area contributed by atoms with Crippen molar-refractivity contribution in [2.75, 3.05) is 0 Å². The molecule has 60 valence electrons. The molecule has 0 bridgehead atoms. The van der Waals surface area contributed by atoms with Crippen LogP contribution < -0.4 is 0 Å². The Kier molecular flexibility index (Phi) is 2.66. The van der Waals surface area contributed by atoms with Gasteiger partial charge in [0.15, 0.2) is 5.69 Å². The fourth-order valence-electron chi connectivity index (χ4n) is 1.13. The molecule has 0 radical (unpaired) electrons. The highest BCUT2D eigenvalue weighted by molar-refractivity contribution is 5.49. The summed E-state index contributed by atoms with van der Waals surface area (Å²) in [6, 6.07) is 5.75. The smallest absolute Gasteiger partial charge is 0.187 e. The fraction of sp³-hybridized carbons (Fsp3) is 0.182. The largest absolute Gasteiger partial charge is 0.238 e. The van der Waals surface area contributed by atoms with Gasteiger partial charge in [0, 0.05) is 0 Å². The Morgan fingerprint density at radius 1 is 1.58 bits per heavy atom. The Morgan fingerprint density at radius 2 is 2.33 bits per heavy atom. The summed E-state index contributed by atoms with van der Waals surface area (Å²) in [5.41, 5.74) is 3.13. The van der Waals surface area contributed by atoms with Crippen LogP contribution >= 0.6 is 0 Å². The Labute approximate surface area is 73.2 Å². The first kappa shape index (κ1) is 8.55. The molecule has 1 aromatic carbocycles. The normalized spacial score (nSPS) is 9.00. The minimum absolute atomic E-state index is 0.709. The van der Waals surface area contributed by atoms with Crippen LogP contribution in [0.3, 0.4) is 0 Å². The lowest BCUT2D eigenvalue weighted by Gasteiger charge is -2.01. The molecule has 0 aliphatic rings. The van der Waals surface area contributed by atoms with Crippen molar-refractivity contribution in [2.24, 2.45) is 0 Å². The van der Waals surface area contributed by atoms with Crippen LogP contribution in [0.15, 0.2) is 30.9 Å². The fourth-order valence-corrected chi connectivity index (χ4v) is 1.13. The van der Waals surface area contributed by atoms with Crippen molar-refractivity contribution >= 4 is 5.69 Å². The van der Waals surface area contributed by atoms with Gasteiger partial charge in [-0.05, 0) is 18.9 Å². The molecule has 0 amide bonds. The van der Waals surface area contributed by atoms with Crippen molar-refractivity contribution in [1.29, 1.82) is 0 Å². The summed E-state index contributed by atoms with van der Waals surface area (Å²) >= 11 is 0. The van der Waals surface area contributed by atoms with Crippen molar-refractivity contribution < 1.29 is 0 Å². The number of hydrogen-bond acceptors (Lipinski definition) is 0. The summed E-state index contributed by atoms with van der Waals surface area (Å²) < 4.78 is 0. The lowest BCUT2D eigenvalue weighted by atomic mass is 10.1. The highest BCUT2D eigenvalue weighted by Crippen LogP contribution is 2.17. The molecular weight excluding hydrogens is 146 g/mol. The van der Waals surface area contributed by atoms with E-state index >= 15 is 0 Å². The summed E-state index contributed by atoms with van der Waals surface area (Å²) in [6.45, 7) is 12.5. The molecule has 1 rings (SSSR count). The molecule has 1 heteroatoms. The van der Waals surface area contributed by atoms with E-state index in [1.54, 1.807) is 0 Å². The molecule has 0 saturated heterocycles. The van der Waals surface area contributed by atoms with Crippen LogP contribution in [0.25, 0.3) is 4.85 Å². The molecule has 0 spiro atoms. The Balaban J connectivity index is 3.04. The van der Waals surface area contributed by atoms with E-state index in [0.717, 1.165) is 6.42 Å². The third-order valence-corrected chi connectivity index (χ3v) is 1.82. The molecule has 12 heavy (non-hydrogen) atoms. The standard InChI is InChI=1S/C11H11N/c1-4-5-10-6-7-11(12-3)8-9(10)2/h4,6-8H,1,5H2,2H3. The molecule has 0 saturated carbocycles. The maximum absolute atomic E-state index is 6.82. The predicted molar refractivity (Wildman–Crippen MR) is 51.3 cm³/mol. The van der Waals surface area contributed by atoms with Gasteiger partial charge >= 0.3 is 0 Å². The molecule has 1 nitrogen and oxygen atoms in total. The van der Waals surface area contributed by atoms with Gasteiger partial charge in [0.25, 0.3) is 0 Å². The summed E-state index contributed by atoms with van der Waals surface area (Å²) in [6.07, 6.45) is 2.75. The molecular formula is C11H11N. The number of allylic oxidation sites excluding steroid dienone is 1. The number of hydrogen-bond donors (Lipinski definition) is 0. The highest BCUT2D eigenvalue weighted by Gasteiger charge is 1.96. The van der Waals surface area contributed by atoms with Crippen molar-refractivity contribution in [1.82, 2.24) is 0 Å². The maximum Gasteiger partial charge on any atom is 0.187 e. The molecule has 0 aromatic heterocycles. The van der Waals surface area contributed by atoms with Crippen LogP contribution in [0.4, 0.5) is 5.69 Å². The predicted octanol–water partition coefficient (Wildman–Crippen LogP) is 3.27. The zero-order valence-electron chi connectivity index (χ0n) is 7.17. The summed E-state index contributed by atoms with van der Waals surface area (Å²) in [4.78, 5) is 3.36. The SMILES string of the molecule is [C-]#[N+]c1ccc(CC=C)c(C)c1. The van der Waals surface area contributed by atoms with E-state index in [1.807, 2.05) is 31.2 Å². The van der Waals surface area contributed by atoms with Gasteiger partial charge in [-0.25, -0.2) is 4.85 Å². The van der Waals surface area contributed by atoms with Crippen LogP contribution in [0, 0.1) is 13.5 Å². The Morgan fingerprint density at radius 3 is 2.83 bits per heavy atom. The van der Waals surface area contributed by atoms with E-state index in [1.165, 1.54) is 11.1 Å². The molecule has 0 heterocycles. The minimum atomic E-state index is 0.709. The molecule has 1 aromatic rings. The van der Waals surface area contributed by atoms with Gasteiger partial charge in [0.1, 0.15) is 0 Å². The van der Waals surface area contributed by atoms with E-state index in [-0.39, 0.29) is 0 Å². The monoisotopic (exact) mass is 157 g/mol. The van der Waals surface area contributed by atoms with Gasteiger partial charge < -0.3 is 0 Å². The average molecular weight is 157 g/mol. The van der Waals surface area contributed by atoms with Gasteiger partial charge in [-0.2, -0.15) is 0 Å². The van der Waals surface area contributed by atoms with Crippen molar-refractivity contribution in [3.05, 3.63) is 53.4 Å². The lowest BCUT2D eigenvalue weighted by Crippen LogP contribution is -1.84. The average Bonchev–Trinajstić information content (AvgIpc) is 2.09. The lowest BCUT2D eigenvalue weighted by molar-refractivity contribution is 1.22. The molecule has 0 atom stereocenters. The summed E-state index contributed by atoms with van der Waals surface area (Å²) in [7, 11) is 0. The van der Waals surface area contributed by atoms with E-state index in [9.17, 15) is 0 Å². The Bertz CT molecular complexity index is 331. The maximum atomic E-state index is 6.82. The second-order valence-corrected chi connectivity index (χ2v) is 2.72. The van der Waals surface area contributed by atoms with Gasteiger partial charge in [0.05, 0.1) is 6.57 Å². The number of aryl methyl sites for hydroxylation is 1. The van der Waals surface area contributed by atoms with E-state index in [4.69, 9.17) is 6.57 Å². The van der Waals surface area contributed by atoms with E-state index in [2.05, 4.69) is 11.4 Å². The van der Waals surface area contributed by atoms with E-state index < -0.39 is 0 Å². The number of nitrogens with zero attached hydrogens (tertiary/aromatic N) is 1. The first-order chi connectivity index (χ1) is 5.77. The van der Waals surface area contributed by atoms with Crippen LogP contribution in [-0.2, 0) is 6.42 Å². The Hall–Kier alpha value is -1.55. The third kappa shape index (κ3) is 1.73. The van der Waals surface area contributed by atoms with Crippen LogP contribution in [0.1, 0.15) is 11.1 Å². The third-order valence-electron chi connectivity index (χ3n) is 1.82. The zero-order chi connectivity index (χ0) is 8.97. The van der Waals surface area contributed by atoms with Crippen molar-refractivity contribution in [3.63, 3.8) is 0 Å². The second kappa shape index (κ2) is 3.73. The van der Waals surface area contributed by atoms with Crippen molar-refractivity contribution in [3.8, 4) is 0 Å². The molecule has 0 fully saturated rings. The van der Waals surface area contributed by atoms with E-state index in [0.29, 0.717) is 5.69 Å². The molecule has 0 N–H and O–H groups in total. The minimum Gasteiger partial charge on any atom is -0.238 e. The van der Waals surface area contributed by atoms with Crippen LogP contribution in [0.5, 0.6) is 0 Å². The van der Waals surface area contributed by atoms with Gasteiger partial charge in [0.2, 0.25) is 0 Å². The molecule has 0 unspecified atom stereocenters. The molecule has 0 aliphatic heterocycles. The molecule has 0 aliphatic carbocycles. The van der Waals surface area contributed by atoms with Gasteiger partial charge in [-0.3, -0.25) is 0 Å². The number of rotatable bonds is 2. The van der Waals surface area contributed by atoms with Crippen LogP contribution in [0.2, 0.25) is 0 Å². The second-order valence-electron chi connectivity index (χ2n) is 2.72. The zero-order valence-corrected chi connectivity index (χ0v) is 7.17.